The van der Waals surface area contributed by atoms with Crippen LogP contribution in [0.5, 0.6) is 5.75 Å². The lowest BCUT2D eigenvalue weighted by molar-refractivity contribution is 0.206. The van der Waals surface area contributed by atoms with Crippen molar-refractivity contribution in [2.24, 2.45) is 0 Å². The molecule has 0 aliphatic carbocycles. The predicted octanol–water partition coefficient (Wildman–Crippen LogP) is 3.66. The summed E-state index contributed by atoms with van der Waals surface area (Å²) in [5.74, 6) is 0.880. The van der Waals surface area contributed by atoms with Crippen molar-refractivity contribution in [3.63, 3.8) is 0 Å². The Morgan fingerprint density at radius 1 is 1.15 bits per heavy atom. The number of ether oxygens (including phenoxy) is 1. The molecule has 104 valence electrons. The maximum atomic E-state index is 10.6. The van der Waals surface area contributed by atoms with Gasteiger partial charge in [-0.1, -0.05) is 49.4 Å². The van der Waals surface area contributed by atoms with Crippen LogP contribution in [0.2, 0.25) is 0 Å². The number of aliphatic hydroxyl groups excluding tert-OH is 1. The third-order valence-electron chi connectivity index (χ3n) is 3.96. The Bertz CT molecular complexity index is 587. The Kier molecular flexibility index (Phi) is 3.75. The molecule has 0 spiro atoms. The van der Waals surface area contributed by atoms with E-state index in [0.29, 0.717) is 0 Å². The van der Waals surface area contributed by atoms with Crippen molar-refractivity contribution >= 4 is 0 Å². The van der Waals surface area contributed by atoms with Crippen LogP contribution in [0.25, 0.3) is 0 Å². The fourth-order valence-electron chi connectivity index (χ4n) is 2.74. The van der Waals surface area contributed by atoms with Gasteiger partial charge in [0.15, 0.2) is 0 Å². The Balaban J connectivity index is 1.95. The quantitative estimate of drug-likeness (QED) is 0.920. The van der Waals surface area contributed by atoms with Crippen LogP contribution in [-0.2, 0) is 12.8 Å². The molecule has 0 saturated carbocycles. The van der Waals surface area contributed by atoms with Crippen LogP contribution in [-0.4, -0.2) is 11.7 Å². The molecule has 0 bridgehead atoms. The summed E-state index contributed by atoms with van der Waals surface area (Å²) in [6.07, 6.45) is 2.48. The average Bonchev–Trinajstić information content (AvgIpc) is 2.54. The van der Waals surface area contributed by atoms with E-state index in [4.69, 9.17) is 4.74 Å². The zero-order valence-corrected chi connectivity index (χ0v) is 11.8. The Morgan fingerprint density at radius 3 is 2.70 bits per heavy atom. The number of para-hydroxylation sites is 1. The summed E-state index contributed by atoms with van der Waals surface area (Å²) in [5.41, 5.74) is 4.29. The van der Waals surface area contributed by atoms with Crippen molar-refractivity contribution in [2.45, 2.75) is 32.3 Å². The minimum Gasteiger partial charge on any atom is -0.493 e. The molecule has 1 atom stereocenters. The lowest BCUT2D eigenvalue weighted by Gasteiger charge is -2.23. The highest BCUT2D eigenvalue weighted by Crippen LogP contribution is 2.35. The number of fused-ring (bicyclic) bond motifs is 1. The third-order valence-corrected chi connectivity index (χ3v) is 3.96. The predicted molar refractivity (Wildman–Crippen MR) is 80.1 cm³/mol. The molecular weight excluding hydrogens is 248 g/mol. The van der Waals surface area contributed by atoms with Crippen molar-refractivity contribution in [2.75, 3.05) is 6.61 Å². The molecule has 0 fully saturated rings. The summed E-state index contributed by atoms with van der Waals surface area (Å²) in [7, 11) is 0. The number of aliphatic hydroxyl groups is 1. The third kappa shape index (κ3) is 2.44. The highest BCUT2D eigenvalue weighted by atomic mass is 16.5. The first-order valence-corrected chi connectivity index (χ1v) is 7.31. The number of aryl methyl sites for hydroxylation is 2. The standard InChI is InChI=1S/C18H20O2/c1-2-13-8-10-14(11-9-13)17(19)16-7-3-5-15-6-4-12-20-18(15)16/h3,5,7-11,17,19H,2,4,6,12H2,1H3. The van der Waals surface area contributed by atoms with Crippen molar-refractivity contribution in [3.05, 3.63) is 64.7 Å². The van der Waals surface area contributed by atoms with Gasteiger partial charge < -0.3 is 9.84 Å². The molecule has 3 rings (SSSR count). The molecule has 1 heterocycles. The van der Waals surface area contributed by atoms with E-state index in [1.807, 2.05) is 24.3 Å². The molecule has 0 amide bonds. The Morgan fingerprint density at radius 2 is 1.95 bits per heavy atom. The maximum absolute atomic E-state index is 10.6. The SMILES string of the molecule is CCc1ccc(C(O)c2cccc3c2OCCC3)cc1. The topological polar surface area (TPSA) is 29.5 Å². The average molecular weight is 268 g/mol. The highest BCUT2D eigenvalue weighted by molar-refractivity contribution is 5.47. The van der Waals surface area contributed by atoms with Crippen LogP contribution in [0.1, 0.15) is 41.7 Å². The van der Waals surface area contributed by atoms with E-state index in [0.717, 1.165) is 42.7 Å². The molecule has 1 aliphatic rings. The number of hydrogen-bond acceptors (Lipinski definition) is 2. The van der Waals surface area contributed by atoms with E-state index >= 15 is 0 Å². The van der Waals surface area contributed by atoms with E-state index in [9.17, 15) is 5.11 Å². The summed E-state index contributed by atoms with van der Waals surface area (Å²) in [6, 6.07) is 14.2. The van der Waals surface area contributed by atoms with Crippen LogP contribution in [0.3, 0.4) is 0 Å². The van der Waals surface area contributed by atoms with Gasteiger partial charge in [0.25, 0.3) is 0 Å². The van der Waals surface area contributed by atoms with E-state index < -0.39 is 6.10 Å². The van der Waals surface area contributed by atoms with Gasteiger partial charge in [-0.05, 0) is 36.0 Å². The van der Waals surface area contributed by atoms with Crippen LogP contribution in [0.15, 0.2) is 42.5 Å². The summed E-state index contributed by atoms with van der Waals surface area (Å²) in [5, 5.41) is 10.6. The molecule has 20 heavy (non-hydrogen) atoms. The first-order valence-electron chi connectivity index (χ1n) is 7.31. The van der Waals surface area contributed by atoms with Crippen LogP contribution >= 0.6 is 0 Å². The van der Waals surface area contributed by atoms with E-state index in [2.05, 4.69) is 25.1 Å². The lowest BCUT2D eigenvalue weighted by Crippen LogP contribution is -2.12. The van der Waals surface area contributed by atoms with Gasteiger partial charge in [0, 0.05) is 5.56 Å². The zero-order chi connectivity index (χ0) is 13.9. The molecule has 0 aromatic heterocycles. The van der Waals surface area contributed by atoms with Gasteiger partial charge in [-0.3, -0.25) is 0 Å². The normalized spacial score (nSPS) is 15.3. The minimum absolute atomic E-state index is 0.617. The number of rotatable bonds is 3. The van der Waals surface area contributed by atoms with Crippen LogP contribution < -0.4 is 4.74 Å². The van der Waals surface area contributed by atoms with Crippen LogP contribution in [0.4, 0.5) is 0 Å². The van der Waals surface area contributed by atoms with Crippen molar-refractivity contribution in [1.82, 2.24) is 0 Å². The van der Waals surface area contributed by atoms with E-state index in [1.54, 1.807) is 0 Å². The number of benzene rings is 2. The van der Waals surface area contributed by atoms with Crippen LogP contribution in [0, 0.1) is 0 Å². The second kappa shape index (κ2) is 5.68. The Hall–Kier alpha value is -1.80. The van der Waals surface area contributed by atoms with Crippen molar-refractivity contribution in [1.29, 1.82) is 0 Å². The summed E-state index contributed by atoms with van der Waals surface area (Å²) < 4.78 is 5.78. The molecule has 0 saturated heterocycles. The lowest BCUT2D eigenvalue weighted by atomic mass is 9.95. The first-order chi connectivity index (χ1) is 9.79. The molecule has 1 N–H and O–H groups in total. The molecule has 2 heteroatoms. The van der Waals surface area contributed by atoms with Gasteiger partial charge in [-0.2, -0.15) is 0 Å². The molecule has 2 aromatic carbocycles. The van der Waals surface area contributed by atoms with E-state index in [1.165, 1.54) is 11.1 Å². The molecule has 2 aromatic rings. The number of hydrogen-bond donors (Lipinski definition) is 1. The van der Waals surface area contributed by atoms with Gasteiger partial charge in [0.05, 0.1) is 6.61 Å². The molecule has 1 aliphatic heterocycles. The van der Waals surface area contributed by atoms with Gasteiger partial charge in [-0.25, -0.2) is 0 Å². The summed E-state index contributed by atoms with van der Waals surface area (Å²) in [4.78, 5) is 0. The molecule has 2 nitrogen and oxygen atoms in total. The van der Waals surface area contributed by atoms with Gasteiger partial charge in [0.1, 0.15) is 11.9 Å². The van der Waals surface area contributed by atoms with Gasteiger partial charge in [-0.15, -0.1) is 0 Å². The second-order valence-corrected chi connectivity index (χ2v) is 5.29. The molecular formula is C18H20O2. The second-order valence-electron chi connectivity index (χ2n) is 5.29. The highest BCUT2D eigenvalue weighted by Gasteiger charge is 2.20. The molecule has 1 unspecified atom stereocenters. The van der Waals surface area contributed by atoms with Gasteiger partial charge >= 0.3 is 0 Å². The zero-order valence-electron chi connectivity index (χ0n) is 11.8. The summed E-state index contributed by atoms with van der Waals surface area (Å²) >= 11 is 0. The van der Waals surface area contributed by atoms with Crippen molar-refractivity contribution < 1.29 is 9.84 Å². The summed E-state index contributed by atoms with van der Waals surface area (Å²) in [6.45, 7) is 2.87. The maximum Gasteiger partial charge on any atom is 0.128 e. The minimum atomic E-state index is -0.617. The fraction of sp³-hybridized carbons (Fsp3) is 0.333. The van der Waals surface area contributed by atoms with Gasteiger partial charge in [0.2, 0.25) is 0 Å². The largest absolute Gasteiger partial charge is 0.493 e. The fourth-order valence-corrected chi connectivity index (χ4v) is 2.74. The first kappa shape index (κ1) is 13.2. The van der Waals surface area contributed by atoms with E-state index in [-0.39, 0.29) is 0 Å². The smallest absolute Gasteiger partial charge is 0.128 e. The van der Waals surface area contributed by atoms with Crippen molar-refractivity contribution in [3.8, 4) is 5.75 Å². The molecule has 0 radical (unpaired) electrons. The monoisotopic (exact) mass is 268 g/mol. The Labute approximate surface area is 120 Å².